The van der Waals surface area contributed by atoms with Crippen LogP contribution in [0.4, 0.5) is 0 Å². The maximum atomic E-state index is 12.3. The van der Waals surface area contributed by atoms with E-state index in [1.54, 1.807) is 0 Å². The average Bonchev–Trinajstić information content (AvgIpc) is 3.08. The molecule has 0 aromatic rings. The highest BCUT2D eigenvalue weighted by molar-refractivity contribution is 5.80. The zero-order valence-corrected chi connectivity index (χ0v) is 15.5. The molecule has 1 saturated heterocycles. The van der Waals surface area contributed by atoms with Gasteiger partial charge in [-0.3, -0.25) is 14.5 Å². The number of hydrogen-bond donors (Lipinski definition) is 2. The van der Waals surface area contributed by atoms with E-state index in [2.05, 4.69) is 28.5 Å². The minimum absolute atomic E-state index is 0.0640. The molecular formula is C19H32N4O2. The normalized spacial score (nSPS) is 20.8. The van der Waals surface area contributed by atoms with Crippen LogP contribution in [0.1, 0.15) is 64.7 Å². The van der Waals surface area contributed by atoms with Gasteiger partial charge in [-0.1, -0.05) is 19.8 Å². The molecule has 2 aliphatic rings. The van der Waals surface area contributed by atoms with E-state index in [1.165, 1.54) is 0 Å². The highest BCUT2D eigenvalue weighted by Gasteiger charge is 2.36. The zero-order chi connectivity index (χ0) is 18.1. The van der Waals surface area contributed by atoms with E-state index >= 15 is 0 Å². The summed E-state index contributed by atoms with van der Waals surface area (Å²) >= 11 is 0. The van der Waals surface area contributed by atoms with E-state index < -0.39 is 5.54 Å². The van der Waals surface area contributed by atoms with Crippen molar-refractivity contribution in [3.63, 3.8) is 0 Å². The second kappa shape index (κ2) is 9.76. The Morgan fingerprint density at radius 2 is 1.88 bits per heavy atom. The molecule has 2 amide bonds. The van der Waals surface area contributed by atoms with Gasteiger partial charge in [0, 0.05) is 12.5 Å². The van der Waals surface area contributed by atoms with E-state index in [9.17, 15) is 14.9 Å². The summed E-state index contributed by atoms with van der Waals surface area (Å²) in [5.41, 5.74) is -0.645. The minimum Gasteiger partial charge on any atom is -0.356 e. The van der Waals surface area contributed by atoms with Crippen molar-refractivity contribution in [3.05, 3.63) is 0 Å². The van der Waals surface area contributed by atoms with Crippen molar-refractivity contribution >= 4 is 11.8 Å². The third-order valence-corrected chi connectivity index (χ3v) is 5.45. The molecule has 1 heterocycles. The van der Waals surface area contributed by atoms with Crippen LogP contribution in [0.15, 0.2) is 0 Å². The van der Waals surface area contributed by atoms with Crippen molar-refractivity contribution in [2.45, 2.75) is 70.3 Å². The smallest absolute Gasteiger partial charge is 0.235 e. The molecule has 140 valence electrons. The molecule has 0 radical (unpaired) electrons. The van der Waals surface area contributed by atoms with Crippen molar-refractivity contribution < 1.29 is 9.59 Å². The number of carbonyl (C=O) groups excluding carboxylic acids is 2. The van der Waals surface area contributed by atoms with Crippen LogP contribution >= 0.6 is 0 Å². The van der Waals surface area contributed by atoms with Crippen LogP contribution < -0.4 is 10.6 Å². The number of rotatable bonds is 8. The highest BCUT2D eigenvalue weighted by atomic mass is 16.2. The average molecular weight is 348 g/mol. The number of nitriles is 1. The van der Waals surface area contributed by atoms with E-state index in [1.807, 2.05) is 0 Å². The first kappa shape index (κ1) is 19.7. The molecule has 0 unspecified atom stereocenters. The molecule has 6 nitrogen and oxygen atoms in total. The Morgan fingerprint density at radius 3 is 2.48 bits per heavy atom. The van der Waals surface area contributed by atoms with Gasteiger partial charge in [-0.05, 0) is 58.0 Å². The van der Waals surface area contributed by atoms with Gasteiger partial charge >= 0.3 is 0 Å². The van der Waals surface area contributed by atoms with Gasteiger partial charge in [0.25, 0.3) is 0 Å². The Morgan fingerprint density at radius 1 is 1.20 bits per heavy atom. The Bertz CT molecular complexity index is 486. The summed E-state index contributed by atoms with van der Waals surface area (Å²) in [6.07, 6.45) is 8.49. The fourth-order valence-electron chi connectivity index (χ4n) is 3.84. The molecular weight excluding hydrogens is 316 g/mol. The summed E-state index contributed by atoms with van der Waals surface area (Å²) in [5.74, 6) is 0.168. The van der Waals surface area contributed by atoms with Crippen molar-refractivity contribution in [2.24, 2.45) is 5.92 Å². The number of piperidine rings is 1. The van der Waals surface area contributed by atoms with Crippen LogP contribution in [0.2, 0.25) is 0 Å². The fraction of sp³-hybridized carbons (Fsp3) is 0.842. The van der Waals surface area contributed by atoms with Crippen LogP contribution in [0, 0.1) is 17.2 Å². The predicted octanol–water partition coefficient (Wildman–Crippen LogP) is 1.96. The van der Waals surface area contributed by atoms with E-state index in [0.29, 0.717) is 6.54 Å². The molecule has 0 bridgehead atoms. The maximum absolute atomic E-state index is 12.3. The third kappa shape index (κ3) is 6.00. The Labute approximate surface area is 151 Å². The van der Waals surface area contributed by atoms with Gasteiger partial charge < -0.3 is 10.6 Å². The first-order valence-electron chi connectivity index (χ1n) is 9.81. The lowest BCUT2D eigenvalue weighted by molar-refractivity contribution is -0.127. The number of carbonyl (C=O) groups is 2. The Hall–Kier alpha value is -1.61. The number of amides is 2. The van der Waals surface area contributed by atoms with Crippen molar-refractivity contribution in [3.8, 4) is 6.07 Å². The van der Waals surface area contributed by atoms with Gasteiger partial charge in [0.2, 0.25) is 11.8 Å². The van der Waals surface area contributed by atoms with Crippen LogP contribution in [0.25, 0.3) is 0 Å². The largest absolute Gasteiger partial charge is 0.356 e. The molecule has 6 heteroatoms. The molecule has 0 aromatic heterocycles. The molecule has 1 saturated carbocycles. The van der Waals surface area contributed by atoms with Crippen molar-refractivity contribution in [1.82, 2.24) is 15.5 Å². The van der Waals surface area contributed by atoms with Crippen LogP contribution in [-0.2, 0) is 9.59 Å². The topological polar surface area (TPSA) is 85.2 Å². The summed E-state index contributed by atoms with van der Waals surface area (Å²) in [6.45, 7) is 4.78. The second-order valence-electron chi connectivity index (χ2n) is 7.50. The zero-order valence-electron chi connectivity index (χ0n) is 15.5. The molecule has 0 aromatic carbocycles. The molecule has 25 heavy (non-hydrogen) atoms. The lowest BCUT2D eigenvalue weighted by atomic mass is 9.95. The summed E-state index contributed by atoms with van der Waals surface area (Å²) in [4.78, 5) is 26.5. The molecule has 2 rings (SSSR count). The first-order chi connectivity index (χ1) is 12.1. The lowest BCUT2D eigenvalue weighted by Gasteiger charge is -2.31. The molecule has 1 aliphatic carbocycles. The summed E-state index contributed by atoms with van der Waals surface area (Å²) in [5, 5.41) is 15.3. The first-order valence-corrected chi connectivity index (χ1v) is 9.81. The third-order valence-electron chi connectivity index (χ3n) is 5.45. The lowest BCUT2D eigenvalue weighted by Crippen LogP contribution is -2.50. The SMILES string of the molecule is CCCCCNC(=O)C1CCN(CC(=O)NC2(C#N)CCCC2)CC1. The number of likely N-dealkylation sites (tertiary alicyclic amines) is 1. The minimum atomic E-state index is -0.645. The summed E-state index contributed by atoms with van der Waals surface area (Å²) in [6, 6.07) is 2.29. The monoisotopic (exact) mass is 348 g/mol. The Kier molecular flexibility index (Phi) is 7.70. The van der Waals surface area contributed by atoms with E-state index in [0.717, 1.165) is 77.4 Å². The molecule has 0 spiro atoms. The standard InChI is InChI=1S/C19H32N4O2/c1-2-3-6-11-21-18(25)16-7-12-23(13-8-16)14-17(24)22-19(15-20)9-4-5-10-19/h16H,2-14H2,1H3,(H,21,25)(H,22,24). The number of nitrogens with one attached hydrogen (secondary N) is 2. The summed E-state index contributed by atoms with van der Waals surface area (Å²) < 4.78 is 0. The molecule has 0 atom stereocenters. The van der Waals surface area contributed by atoms with Crippen molar-refractivity contribution in [1.29, 1.82) is 5.26 Å². The number of unbranched alkanes of at least 4 members (excludes halogenated alkanes) is 2. The van der Waals surface area contributed by atoms with Crippen molar-refractivity contribution in [2.75, 3.05) is 26.2 Å². The predicted molar refractivity (Wildman–Crippen MR) is 96.7 cm³/mol. The molecule has 2 N–H and O–H groups in total. The molecule has 2 fully saturated rings. The molecule has 1 aliphatic heterocycles. The van der Waals surface area contributed by atoms with Crippen LogP contribution in [0.3, 0.4) is 0 Å². The van der Waals surface area contributed by atoms with E-state index in [4.69, 9.17) is 0 Å². The van der Waals surface area contributed by atoms with Gasteiger partial charge in [-0.25, -0.2) is 0 Å². The summed E-state index contributed by atoms with van der Waals surface area (Å²) in [7, 11) is 0. The fourth-order valence-corrected chi connectivity index (χ4v) is 3.84. The van der Waals surface area contributed by atoms with Crippen LogP contribution in [-0.4, -0.2) is 48.4 Å². The van der Waals surface area contributed by atoms with Gasteiger partial charge in [0.15, 0.2) is 0 Å². The number of nitrogens with zero attached hydrogens (tertiary/aromatic N) is 2. The Balaban J connectivity index is 1.67. The second-order valence-corrected chi connectivity index (χ2v) is 7.50. The van der Waals surface area contributed by atoms with E-state index in [-0.39, 0.29) is 17.7 Å². The van der Waals surface area contributed by atoms with Gasteiger partial charge in [0.05, 0.1) is 12.6 Å². The van der Waals surface area contributed by atoms with Gasteiger partial charge in [-0.15, -0.1) is 0 Å². The quantitative estimate of drug-likeness (QED) is 0.657. The van der Waals surface area contributed by atoms with Crippen LogP contribution in [0.5, 0.6) is 0 Å². The van der Waals surface area contributed by atoms with Gasteiger partial charge in [0.1, 0.15) is 5.54 Å². The number of hydrogen-bond acceptors (Lipinski definition) is 4. The van der Waals surface area contributed by atoms with Gasteiger partial charge in [-0.2, -0.15) is 5.26 Å². The highest BCUT2D eigenvalue weighted by Crippen LogP contribution is 2.28. The maximum Gasteiger partial charge on any atom is 0.235 e.